The van der Waals surface area contributed by atoms with Crippen molar-refractivity contribution < 1.29 is 9.90 Å². The number of amides is 1. The summed E-state index contributed by atoms with van der Waals surface area (Å²) < 4.78 is 0.935. The van der Waals surface area contributed by atoms with Crippen molar-refractivity contribution in [1.29, 1.82) is 0 Å². The fraction of sp³-hybridized carbons (Fsp3) is 0.364. The van der Waals surface area contributed by atoms with Gasteiger partial charge in [-0.1, -0.05) is 0 Å². The average Bonchev–Trinajstić information content (AvgIpc) is 2.74. The number of aromatic hydroxyl groups is 1. The highest BCUT2D eigenvalue weighted by molar-refractivity contribution is 14.1. The van der Waals surface area contributed by atoms with Crippen molar-refractivity contribution in [2.45, 2.75) is 12.5 Å². The van der Waals surface area contributed by atoms with Gasteiger partial charge in [-0.05, 0) is 53.8 Å². The van der Waals surface area contributed by atoms with Crippen molar-refractivity contribution >= 4 is 28.5 Å². The molecule has 0 unspecified atom stereocenters. The quantitative estimate of drug-likeness (QED) is 0.711. The third-order valence-electron chi connectivity index (χ3n) is 2.60. The second kappa shape index (κ2) is 5.01. The number of benzene rings is 1. The van der Waals surface area contributed by atoms with Gasteiger partial charge in [-0.3, -0.25) is 4.79 Å². The highest BCUT2D eigenvalue weighted by Gasteiger charge is 2.19. The first-order chi connectivity index (χ1) is 7.66. The fourth-order valence-corrected chi connectivity index (χ4v) is 2.22. The van der Waals surface area contributed by atoms with Crippen molar-refractivity contribution in [3.63, 3.8) is 0 Å². The van der Waals surface area contributed by atoms with E-state index in [4.69, 9.17) is 0 Å². The molecular formula is C11H13IN2O2. The maximum Gasteiger partial charge on any atom is 0.255 e. The fourth-order valence-electron chi connectivity index (χ4n) is 1.73. The van der Waals surface area contributed by atoms with Crippen LogP contribution < -0.4 is 10.6 Å². The maximum atomic E-state index is 11.9. The lowest BCUT2D eigenvalue weighted by Gasteiger charge is -2.12. The molecule has 0 bridgehead atoms. The predicted octanol–water partition coefficient (Wildman–Crippen LogP) is 1.09. The Bertz CT molecular complexity index is 403. The molecule has 86 valence electrons. The standard InChI is InChI=1S/C11H13IN2O2/c12-7-1-2-10(15)9(5-7)11(16)14-8-3-4-13-6-8/h1-2,5,8,13,15H,3-4,6H2,(H,14,16)/t8-/m1/s1. The van der Waals surface area contributed by atoms with Crippen LogP contribution in [0.2, 0.25) is 0 Å². The van der Waals surface area contributed by atoms with E-state index in [-0.39, 0.29) is 17.7 Å². The molecule has 1 aliphatic heterocycles. The summed E-state index contributed by atoms with van der Waals surface area (Å²) in [6.07, 6.45) is 0.941. The van der Waals surface area contributed by atoms with E-state index in [1.54, 1.807) is 18.2 Å². The van der Waals surface area contributed by atoms with Crippen LogP contribution in [0.5, 0.6) is 5.75 Å². The van der Waals surface area contributed by atoms with Gasteiger partial charge in [0.25, 0.3) is 5.91 Å². The van der Waals surface area contributed by atoms with E-state index in [1.165, 1.54) is 0 Å². The second-order valence-electron chi connectivity index (χ2n) is 3.82. The Kier molecular flexibility index (Phi) is 3.65. The summed E-state index contributed by atoms with van der Waals surface area (Å²) in [5, 5.41) is 15.7. The summed E-state index contributed by atoms with van der Waals surface area (Å²) in [6, 6.07) is 5.17. The van der Waals surface area contributed by atoms with Crippen LogP contribution in [-0.4, -0.2) is 30.1 Å². The monoisotopic (exact) mass is 332 g/mol. The smallest absolute Gasteiger partial charge is 0.255 e. The number of nitrogens with one attached hydrogen (secondary N) is 2. The van der Waals surface area contributed by atoms with Crippen molar-refractivity contribution in [2.75, 3.05) is 13.1 Å². The zero-order valence-corrected chi connectivity index (χ0v) is 10.8. The first-order valence-corrected chi connectivity index (χ1v) is 6.25. The van der Waals surface area contributed by atoms with Crippen LogP contribution in [0, 0.1) is 3.57 Å². The lowest BCUT2D eigenvalue weighted by Crippen LogP contribution is -2.36. The molecule has 0 aromatic heterocycles. The van der Waals surface area contributed by atoms with Gasteiger partial charge in [-0.2, -0.15) is 0 Å². The van der Waals surface area contributed by atoms with Crippen LogP contribution in [-0.2, 0) is 0 Å². The third kappa shape index (κ3) is 2.65. The number of hydrogen-bond acceptors (Lipinski definition) is 3. The second-order valence-corrected chi connectivity index (χ2v) is 5.07. The minimum Gasteiger partial charge on any atom is -0.507 e. The SMILES string of the molecule is O=C(N[C@@H]1CCNC1)c1cc(I)ccc1O. The van der Waals surface area contributed by atoms with E-state index in [0.717, 1.165) is 23.1 Å². The third-order valence-corrected chi connectivity index (χ3v) is 3.27. The molecular weight excluding hydrogens is 319 g/mol. The summed E-state index contributed by atoms with van der Waals surface area (Å²) in [6.45, 7) is 1.74. The van der Waals surface area contributed by atoms with E-state index < -0.39 is 0 Å². The molecule has 4 nitrogen and oxygen atoms in total. The van der Waals surface area contributed by atoms with Gasteiger partial charge in [0.05, 0.1) is 5.56 Å². The Balaban J connectivity index is 2.10. The Morgan fingerprint density at radius 1 is 1.56 bits per heavy atom. The maximum absolute atomic E-state index is 11.9. The molecule has 1 amide bonds. The molecule has 0 aliphatic carbocycles. The molecule has 1 fully saturated rings. The lowest BCUT2D eigenvalue weighted by molar-refractivity contribution is 0.0937. The number of carbonyl (C=O) groups is 1. The van der Waals surface area contributed by atoms with Crippen LogP contribution >= 0.6 is 22.6 Å². The number of hydrogen-bond donors (Lipinski definition) is 3. The number of phenolic OH excluding ortho intramolecular Hbond substituents is 1. The largest absolute Gasteiger partial charge is 0.507 e. The minimum absolute atomic E-state index is 0.0314. The molecule has 16 heavy (non-hydrogen) atoms. The highest BCUT2D eigenvalue weighted by Crippen LogP contribution is 2.19. The molecule has 1 heterocycles. The first-order valence-electron chi connectivity index (χ1n) is 5.17. The van der Waals surface area contributed by atoms with E-state index in [2.05, 4.69) is 33.2 Å². The topological polar surface area (TPSA) is 61.4 Å². The minimum atomic E-state index is -0.204. The molecule has 1 saturated heterocycles. The molecule has 1 aliphatic rings. The Morgan fingerprint density at radius 2 is 2.38 bits per heavy atom. The number of halogens is 1. The van der Waals surface area contributed by atoms with E-state index in [0.29, 0.717) is 5.56 Å². The molecule has 1 aromatic rings. The van der Waals surface area contributed by atoms with Crippen molar-refractivity contribution in [3.8, 4) is 5.75 Å². The summed E-state index contributed by atoms with van der Waals surface area (Å²) >= 11 is 2.12. The normalized spacial score (nSPS) is 19.7. The molecule has 2 rings (SSSR count). The summed E-state index contributed by atoms with van der Waals surface area (Å²) in [5.41, 5.74) is 0.346. The number of carbonyl (C=O) groups excluding carboxylic acids is 1. The van der Waals surface area contributed by atoms with Crippen LogP contribution in [0.1, 0.15) is 16.8 Å². The molecule has 5 heteroatoms. The average molecular weight is 332 g/mol. The molecule has 0 spiro atoms. The summed E-state index contributed by atoms with van der Waals surface area (Å²) in [5.74, 6) is -0.173. The lowest BCUT2D eigenvalue weighted by atomic mass is 10.1. The van der Waals surface area contributed by atoms with Crippen LogP contribution in [0.3, 0.4) is 0 Å². The van der Waals surface area contributed by atoms with Gasteiger partial charge in [-0.15, -0.1) is 0 Å². The van der Waals surface area contributed by atoms with Gasteiger partial charge >= 0.3 is 0 Å². The number of phenols is 1. The molecule has 0 saturated carbocycles. The molecule has 1 aromatic carbocycles. The summed E-state index contributed by atoms with van der Waals surface area (Å²) in [4.78, 5) is 11.9. The van der Waals surface area contributed by atoms with Crippen molar-refractivity contribution in [3.05, 3.63) is 27.3 Å². The molecule has 3 N–H and O–H groups in total. The Hall–Kier alpha value is -0.820. The summed E-state index contributed by atoms with van der Waals surface area (Å²) in [7, 11) is 0. The zero-order valence-electron chi connectivity index (χ0n) is 8.66. The van der Waals surface area contributed by atoms with Gasteiger partial charge in [0.2, 0.25) is 0 Å². The van der Waals surface area contributed by atoms with Gasteiger partial charge in [0.1, 0.15) is 5.75 Å². The van der Waals surface area contributed by atoms with E-state index >= 15 is 0 Å². The molecule has 0 radical (unpaired) electrons. The van der Waals surface area contributed by atoms with Crippen molar-refractivity contribution in [2.24, 2.45) is 0 Å². The highest BCUT2D eigenvalue weighted by atomic mass is 127. The van der Waals surface area contributed by atoms with Crippen LogP contribution in [0.15, 0.2) is 18.2 Å². The Morgan fingerprint density at radius 3 is 3.06 bits per heavy atom. The number of rotatable bonds is 2. The van der Waals surface area contributed by atoms with Gasteiger partial charge < -0.3 is 15.7 Å². The predicted molar refractivity (Wildman–Crippen MR) is 69.6 cm³/mol. The van der Waals surface area contributed by atoms with Gasteiger partial charge in [0, 0.05) is 16.2 Å². The van der Waals surface area contributed by atoms with Crippen LogP contribution in [0.25, 0.3) is 0 Å². The van der Waals surface area contributed by atoms with Crippen molar-refractivity contribution in [1.82, 2.24) is 10.6 Å². The Labute approximate surface area is 108 Å². The first kappa shape index (κ1) is 11.7. The van der Waals surface area contributed by atoms with Gasteiger partial charge in [0.15, 0.2) is 0 Å². The molecule has 1 atom stereocenters. The van der Waals surface area contributed by atoms with Crippen LogP contribution in [0.4, 0.5) is 0 Å². The zero-order chi connectivity index (χ0) is 11.5. The van der Waals surface area contributed by atoms with E-state index in [9.17, 15) is 9.90 Å². The van der Waals surface area contributed by atoms with Gasteiger partial charge in [-0.25, -0.2) is 0 Å². The van der Waals surface area contributed by atoms with E-state index in [1.807, 2.05) is 0 Å².